The maximum absolute atomic E-state index is 12.5. The molecule has 2 amide bonds. The number of methoxy groups -OCH3 is 2. The molecule has 2 N–H and O–H groups in total. The Morgan fingerprint density at radius 1 is 0.459 bits per heavy atom. The molecule has 20 nitrogen and oxygen atoms in total. The van der Waals surface area contributed by atoms with Crippen LogP contribution in [0.3, 0.4) is 0 Å². The van der Waals surface area contributed by atoms with Gasteiger partial charge in [0.2, 0.25) is 0 Å². The van der Waals surface area contributed by atoms with Gasteiger partial charge in [0.05, 0.1) is 48.1 Å². The van der Waals surface area contributed by atoms with Gasteiger partial charge in [-0.25, -0.2) is 48.1 Å². The van der Waals surface area contributed by atoms with Crippen molar-refractivity contribution in [2.24, 2.45) is 10.2 Å². The number of halogens is 2. The zero-order valence-electron chi connectivity index (χ0n) is 31.5. The van der Waals surface area contributed by atoms with E-state index in [1.165, 1.54) is 14.2 Å². The van der Waals surface area contributed by atoms with Gasteiger partial charge in [-0.15, -0.1) is 20.5 Å². The molecule has 0 unspecified atom stereocenters. The Balaban J connectivity index is 0.000000340. The normalized spacial score (nSPS) is 10.1. The number of carbonyl (C=O) groups is 2. The molecule has 4 aromatic heterocycles. The van der Waals surface area contributed by atoms with Crippen molar-refractivity contribution in [3.8, 4) is 11.5 Å². The predicted molar refractivity (Wildman–Crippen MR) is 189 cm³/mol. The maximum Gasteiger partial charge on any atom is 2.00 e. The third-order valence-corrected chi connectivity index (χ3v) is 6.87. The number of hydrazone groups is 2. The first-order valence-electron chi connectivity index (χ1n) is 16.5. The van der Waals surface area contributed by atoms with E-state index in [-0.39, 0.29) is 28.9 Å². The van der Waals surface area contributed by atoms with E-state index in [0.29, 0.717) is 56.8 Å². The van der Waals surface area contributed by atoms with Crippen molar-refractivity contribution in [3.05, 3.63) is 180 Å². The Morgan fingerprint density at radius 2 is 0.705 bits per heavy atom. The topological polar surface area (TPSA) is 337 Å². The number of pyridine rings is 4. The summed E-state index contributed by atoms with van der Waals surface area (Å²) in [5.41, 5.74) is 9.32. The summed E-state index contributed by atoms with van der Waals surface area (Å²) < 4.78 is 78.4. The van der Waals surface area contributed by atoms with E-state index >= 15 is 0 Å². The fourth-order valence-electron chi connectivity index (χ4n) is 4.50. The number of nitrogens with one attached hydrogen (secondary N) is 2. The Morgan fingerprint density at radius 3 is 0.934 bits per heavy atom. The molecular formula is C38H32Cl2FeN8O12. The molecule has 0 radical (unpaired) electrons. The zero-order valence-corrected chi connectivity index (χ0v) is 34.2. The van der Waals surface area contributed by atoms with Crippen LogP contribution in [-0.2, 0) is 17.1 Å². The molecule has 0 fully saturated rings. The van der Waals surface area contributed by atoms with Crippen LogP contribution in [0.25, 0.3) is 0 Å². The largest absolute Gasteiger partial charge is 2.00 e. The second kappa shape index (κ2) is 26.0. The molecule has 2 aromatic carbocycles. The first-order valence-corrected chi connectivity index (χ1v) is 19.0. The van der Waals surface area contributed by atoms with E-state index < -0.39 is 20.5 Å². The number of para-hydroxylation sites is 2. The minimum absolute atomic E-state index is 0. The first-order chi connectivity index (χ1) is 28.6. The number of rotatable bonds is 10. The van der Waals surface area contributed by atoms with Gasteiger partial charge >= 0.3 is 17.1 Å². The average molecular weight is 919 g/mol. The third kappa shape index (κ3) is 19.5. The molecule has 0 spiro atoms. The maximum atomic E-state index is 12.5. The summed E-state index contributed by atoms with van der Waals surface area (Å²) in [6.45, 7) is 0. The third-order valence-electron chi connectivity index (χ3n) is 6.87. The second-order valence-corrected chi connectivity index (χ2v) is 12.3. The van der Waals surface area contributed by atoms with Crippen LogP contribution in [0.1, 0.15) is 43.5 Å². The van der Waals surface area contributed by atoms with Crippen LogP contribution in [0.2, 0.25) is 0 Å². The number of nitrogens with zero attached hydrogens (tertiary/aromatic N) is 6. The van der Waals surface area contributed by atoms with Crippen molar-refractivity contribution in [1.82, 2.24) is 30.8 Å². The average Bonchev–Trinajstić information content (AvgIpc) is 3.24. The van der Waals surface area contributed by atoms with Crippen molar-refractivity contribution in [2.45, 2.75) is 0 Å². The van der Waals surface area contributed by atoms with E-state index in [2.05, 4.69) is 41.0 Å². The fraction of sp³-hybridized carbons (Fsp3) is 0.0526. The number of amides is 2. The molecule has 23 heteroatoms. The van der Waals surface area contributed by atoms with Crippen LogP contribution in [0.5, 0.6) is 11.5 Å². The van der Waals surface area contributed by atoms with Crippen molar-refractivity contribution < 1.29 is 93.9 Å². The van der Waals surface area contributed by atoms with Crippen LogP contribution in [0.15, 0.2) is 156 Å². The monoisotopic (exact) mass is 918 g/mol. The van der Waals surface area contributed by atoms with E-state index in [4.69, 9.17) is 46.7 Å². The number of carbonyl (C=O) groups excluding carboxylic acids is 2. The summed E-state index contributed by atoms with van der Waals surface area (Å²) in [6, 6.07) is 35.8. The minimum atomic E-state index is -4.94. The van der Waals surface area contributed by atoms with E-state index in [9.17, 15) is 9.59 Å². The van der Waals surface area contributed by atoms with Crippen LogP contribution in [-0.4, -0.2) is 57.4 Å². The van der Waals surface area contributed by atoms with Crippen LogP contribution in [0, 0.1) is 20.5 Å². The van der Waals surface area contributed by atoms with Gasteiger partial charge in [-0.3, -0.25) is 29.5 Å². The summed E-state index contributed by atoms with van der Waals surface area (Å²) in [6.07, 6.45) is 6.65. The number of hydrogen-bond acceptors (Lipinski definition) is 18. The Bertz CT molecular complexity index is 2040. The number of aromatic nitrogens is 4. The van der Waals surface area contributed by atoms with Gasteiger partial charge in [0, 0.05) is 24.8 Å². The van der Waals surface area contributed by atoms with Gasteiger partial charge in [-0.1, -0.05) is 48.5 Å². The van der Waals surface area contributed by atoms with Crippen LogP contribution < -0.4 is 57.6 Å². The van der Waals surface area contributed by atoms with Gasteiger partial charge in [-0.2, -0.15) is 10.2 Å². The zero-order chi connectivity index (χ0) is 44.0. The molecule has 0 aliphatic heterocycles. The standard InChI is InChI=1S/2C19H16N4O2.2ClHO4.Fe/c2*1-25-17-11-3-2-8-14(17)19(24)23-22-18(15-9-4-6-12-20-15)16-10-5-7-13-21-16;2*2-1(3,4)5;/h2*2-13H,1H3,(H,23,24);2*(H,2,3,4,5);/q;;;;+2/p-2. The molecule has 0 saturated carbocycles. The van der Waals surface area contributed by atoms with E-state index in [0.717, 1.165) is 0 Å². The van der Waals surface area contributed by atoms with Gasteiger partial charge in [0.1, 0.15) is 22.9 Å². The molecular weight excluding hydrogens is 887 g/mol. The van der Waals surface area contributed by atoms with Gasteiger partial charge in [0.15, 0.2) is 0 Å². The van der Waals surface area contributed by atoms with Gasteiger partial charge in [-0.05, 0) is 72.8 Å². The van der Waals surface area contributed by atoms with Crippen molar-refractivity contribution >= 4 is 23.2 Å². The van der Waals surface area contributed by atoms with E-state index in [1.54, 1.807) is 73.3 Å². The van der Waals surface area contributed by atoms with E-state index in [1.807, 2.05) is 72.8 Å². The summed E-state index contributed by atoms with van der Waals surface area (Å²) in [5.74, 6) is 0.212. The molecule has 0 bridgehead atoms. The smallest absolute Gasteiger partial charge is 0.496 e. The number of hydrogen-bond donors (Lipinski definition) is 2. The van der Waals surface area contributed by atoms with Crippen LogP contribution in [0.4, 0.5) is 0 Å². The summed E-state index contributed by atoms with van der Waals surface area (Å²) >= 11 is 0. The molecule has 0 aliphatic carbocycles. The minimum Gasteiger partial charge on any atom is -0.496 e. The van der Waals surface area contributed by atoms with Crippen molar-refractivity contribution in [2.75, 3.05) is 14.2 Å². The molecule has 318 valence electrons. The summed E-state index contributed by atoms with van der Waals surface area (Å²) in [4.78, 5) is 42.1. The molecule has 6 aromatic rings. The van der Waals surface area contributed by atoms with Crippen LogP contribution >= 0.6 is 0 Å². The molecule has 0 atom stereocenters. The first kappa shape index (κ1) is 50.8. The van der Waals surface area contributed by atoms with Crippen molar-refractivity contribution in [1.29, 1.82) is 0 Å². The Hall–Kier alpha value is -6.30. The Labute approximate surface area is 362 Å². The van der Waals surface area contributed by atoms with Gasteiger partial charge < -0.3 is 9.47 Å². The predicted octanol–water partition coefficient (Wildman–Crippen LogP) is -4.18. The Kier molecular flexibility index (Phi) is 21.7. The quantitative estimate of drug-likeness (QED) is 0.0748. The summed E-state index contributed by atoms with van der Waals surface area (Å²) in [7, 11) is -6.86. The number of ether oxygens (including phenoxy) is 2. The van der Waals surface area contributed by atoms with Gasteiger partial charge in [0.25, 0.3) is 11.8 Å². The molecule has 4 heterocycles. The molecule has 6 rings (SSSR count). The molecule has 0 aliphatic rings. The van der Waals surface area contributed by atoms with Crippen molar-refractivity contribution in [3.63, 3.8) is 0 Å². The second-order valence-electron chi connectivity index (χ2n) is 10.8. The summed E-state index contributed by atoms with van der Waals surface area (Å²) in [5, 5.41) is 8.50. The molecule has 0 saturated heterocycles. The fourth-order valence-corrected chi connectivity index (χ4v) is 4.50. The SMILES string of the molecule is COc1ccccc1C(=O)NN=C(c1ccccn1)c1ccccn1.COc1ccccc1C(=O)NN=C(c1ccccn1)c1ccccn1.[Fe+2].[O-][Cl+3]([O-])([O-])[O-].[O-][Cl+3]([O-])([O-])[O-]. The number of benzene rings is 2. The molecule has 61 heavy (non-hydrogen) atoms.